The van der Waals surface area contributed by atoms with Gasteiger partial charge in [-0.15, -0.1) is 0 Å². The highest BCUT2D eigenvalue weighted by Gasteiger charge is 2.42. The molecule has 6 N–H and O–H groups in total. The number of aliphatic hydroxyl groups is 5. The fraction of sp³-hybridized carbons (Fsp3) is 0.438. The quantitative estimate of drug-likeness (QED) is 0.337. The summed E-state index contributed by atoms with van der Waals surface area (Å²) in [4.78, 5) is 11.0. The number of fused-ring (bicyclic) bond motifs is 1. The molecule has 9 nitrogen and oxygen atoms in total. The molecule has 1 aliphatic rings. The monoisotopic (exact) mass is 356 g/mol. The molecule has 0 amide bonds. The Bertz CT molecular complexity index is 767. The molecule has 3 rings (SSSR count). The molecule has 0 radical (unpaired) electrons. The standard InChI is InChI=1S/C10H8O3.C6H12O6/c1-6-4-10(12)13-9-5-7(11)2-3-8(6)9;7-1-2-3(8)4(9)5(10)6(11)12-2/h2-5,11H,1H3;2-11H,1H2/t;2-,3-,4+,5-,6+/m.1/s1. The summed E-state index contributed by atoms with van der Waals surface area (Å²) in [7, 11) is 0. The van der Waals surface area contributed by atoms with Crippen LogP contribution in [0.5, 0.6) is 5.75 Å². The molecule has 25 heavy (non-hydrogen) atoms. The summed E-state index contributed by atoms with van der Waals surface area (Å²) < 4.78 is 9.48. The van der Waals surface area contributed by atoms with E-state index < -0.39 is 42.9 Å². The molecule has 1 aliphatic heterocycles. The lowest BCUT2D eigenvalue weighted by Gasteiger charge is -2.37. The van der Waals surface area contributed by atoms with E-state index in [1.165, 1.54) is 12.1 Å². The van der Waals surface area contributed by atoms with Crippen LogP contribution >= 0.6 is 0 Å². The highest BCUT2D eigenvalue weighted by Crippen LogP contribution is 2.21. The van der Waals surface area contributed by atoms with Gasteiger partial charge in [0.25, 0.3) is 0 Å². The SMILES string of the molecule is Cc1cc(=O)oc2cc(O)ccc12.OC[C@H]1O[C@H](O)[C@H](O)[C@@H](O)[C@@H]1O. The minimum Gasteiger partial charge on any atom is -0.508 e. The molecule has 1 fully saturated rings. The van der Waals surface area contributed by atoms with Gasteiger partial charge in [0, 0.05) is 17.5 Å². The van der Waals surface area contributed by atoms with E-state index in [-0.39, 0.29) is 5.75 Å². The number of aryl methyl sites for hydroxylation is 1. The van der Waals surface area contributed by atoms with Crippen molar-refractivity contribution in [2.45, 2.75) is 37.6 Å². The second kappa shape index (κ2) is 7.91. The first-order valence-corrected chi connectivity index (χ1v) is 7.46. The van der Waals surface area contributed by atoms with Crippen LogP contribution in [-0.4, -0.2) is 68.0 Å². The van der Waals surface area contributed by atoms with Crippen LogP contribution in [0.1, 0.15) is 5.56 Å². The van der Waals surface area contributed by atoms with E-state index in [0.717, 1.165) is 10.9 Å². The van der Waals surface area contributed by atoms with Gasteiger partial charge >= 0.3 is 5.63 Å². The maximum absolute atomic E-state index is 11.0. The van der Waals surface area contributed by atoms with Crippen molar-refractivity contribution < 1.29 is 39.8 Å². The van der Waals surface area contributed by atoms with Gasteiger partial charge in [-0.1, -0.05) is 0 Å². The van der Waals surface area contributed by atoms with Crippen LogP contribution in [0.2, 0.25) is 0 Å². The summed E-state index contributed by atoms with van der Waals surface area (Å²) >= 11 is 0. The topological polar surface area (TPSA) is 161 Å². The van der Waals surface area contributed by atoms with Crippen molar-refractivity contribution in [3.63, 3.8) is 0 Å². The minimum atomic E-state index is -1.57. The van der Waals surface area contributed by atoms with E-state index in [9.17, 15) is 4.79 Å². The Balaban J connectivity index is 0.000000181. The molecule has 0 bridgehead atoms. The number of phenolic OH excluding ortho intramolecular Hbond substituents is 1. The predicted octanol–water partition coefficient (Wildman–Crippen LogP) is -1.41. The summed E-state index contributed by atoms with van der Waals surface area (Å²) in [6, 6.07) is 6.15. The zero-order valence-corrected chi connectivity index (χ0v) is 13.3. The number of hydrogen-bond acceptors (Lipinski definition) is 9. The summed E-state index contributed by atoms with van der Waals surface area (Å²) in [6.07, 6.45) is -7.04. The third-order valence-corrected chi connectivity index (χ3v) is 3.80. The number of rotatable bonds is 1. The van der Waals surface area contributed by atoms with Crippen molar-refractivity contribution in [2.75, 3.05) is 6.61 Å². The molecule has 0 saturated carbocycles. The normalized spacial score (nSPS) is 29.1. The number of phenols is 1. The largest absolute Gasteiger partial charge is 0.508 e. The van der Waals surface area contributed by atoms with E-state index in [0.29, 0.717) is 5.58 Å². The van der Waals surface area contributed by atoms with Gasteiger partial charge in [-0.3, -0.25) is 0 Å². The van der Waals surface area contributed by atoms with Crippen molar-refractivity contribution in [3.05, 3.63) is 40.2 Å². The molecule has 0 spiro atoms. The van der Waals surface area contributed by atoms with Gasteiger partial charge in [0.15, 0.2) is 6.29 Å². The number of ether oxygens (including phenoxy) is 1. The molecule has 2 aromatic rings. The van der Waals surface area contributed by atoms with Crippen LogP contribution in [0.4, 0.5) is 0 Å². The zero-order chi connectivity index (χ0) is 18.7. The molecule has 5 atom stereocenters. The molecule has 1 saturated heterocycles. The lowest BCUT2D eigenvalue weighted by Crippen LogP contribution is -2.58. The summed E-state index contributed by atoms with van der Waals surface area (Å²) in [6.45, 7) is 1.30. The molecule has 138 valence electrons. The van der Waals surface area contributed by atoms with Gasteiger partial charge in [0.1, 0.15) is 35.7 Å². The Morgan fingerprint density at radius 2 is 1.72 bits per heavy atom. The smallest absolute Gasteiger partial charge is 0.336 e. The molecule has 0 unspecified atom stereocenters. The average Bonchev–Trinajstić information content (AvgIpc) is 2.56. The lowest BCUT2D eigenvalue weighted by molar-refractivity contribution is -0.286. The lowest BCUT2D eigenvalue weighted by atomic mass is 10.00. The van der Waals surface area contributed by atoms with Gasteiger partial charge in [0.05, 0.1) is 6.61 Å². The van der Waals surface area contributed by atoms with Crippen LogP contribution in [0.3, 0.4) is 0 Å². The average molecular weight is 356 g/mol. The molecule has 9 heteroatoms. The Morgan fingerprint density at radius 3 is 2.36 bits per heavy atom. The maximum atomic E-state index is 11.0. The van der Waals surface area contributed by atoms with Gasteiger partial charge < -0.3 is 39.8 Å². The molecule has 1 aromatic heterocycles. The van der Waals surface area contributed by atoms with Gasteiger partial charge in [0.2, 0.25) is 0 Å². The highest BCUT2D eigenvalue weighted by molar-refractivity contribution is 5.81. The Labute approximate surface area is 142 Å². The molecule has 0 aliphatic carbocycles. The fourth-order valence-electron chi connectivity index (χ4n) is 2.40. The van der Waals surface area contributed by atoms with Crippen molar-refractivity contribution in [3.8, 4) is 5.75 Å². The van der Waals surface area contributed by atoms with Gasteiger partial charge in [-0.25, -0.2) is 4.79 Å². The third kappa shape index (κ3) is 4.34. The van der Waals surface area contributed by atoms with Crippen LogP contribution in [-0.2, 0) is 4.74 Å². The van der Waals surface area contributed by atoms with Crippen LogP contribution in [0.25, 0.3) is 11.0 Å². The molecular formula is C16H20O9. The van der Waals surface area contributed by atoms with E-state index in [1.807, 2.05) is 6.92 Å². The Kier molecular flexibility index (Phi) is 6.11. The first kappa shape index (κ1) is 19.3. The molecule has 2 heterocycles. The first-order chi connectivity index (χ1) is 11.7. The number of hydrogen-bond donors (Lipinski definition) is 6. The van der Waals surface area contributed by atoms with E-state index >= 15 is 0 Å². The maximum Gasteiger partial charge on any atom is 0.336 e. The Hall–Kier alpha value is -2.01. The van der Waals surface area contributed by atoms with Gasteiger partial charge in [-0.2, -0.15) is 0 Å². The number of benzene rings is 1. The second-order valence-corrected chi connectivity index (χ2v) is 5.65. The van der Waals surface area contributed by atoms with Crippen molar-refractivity contribution in [1.29, 1.82) is 0 Å². The van der Waals surface area contributed by atoms with E-state index in [4.69, 9.17) is 35.1 Å². The second-order valence-electron chi connectivity index (χ2n) is 5.65. The summed E-state index contributed by atoms with van der Waals surface area (Å²) in [5, 5.41) is 54.7. The van der Waals surface area contributed by atoms with E-state index in [2.05, 4.69) is 4.74 Å². The molecule has 1 aromatic carbocycles. The first-order valence-electron chi connectivity index (χ1n) is 7.46. The van der Waals surface area contributed by atoms with Crippen molar-refractivity contribution in [2.24, 2.45) is 0 Å². The van der Waals surface area contributed by atoms with Gasteiger partial charge in [-0.05, 0) is 24.6 Å². The van der Waals surface area contributed by atoms with Crippen LogP contribution in [0, 0.1) is 6.92 Å². The highest BCUT2D eigenvalue weighted by atomic mass is 16.6. The number of aromatic hydroxyl groups is 1. The van der Waals surface area contributed by atoms with E-state index in [1.54, 1.807) is 12.1 Å². The predicted molar refractivity (Wildman–Crippen MR) is 84.9 cm³/mol. The van der Waals surface area contributed by atoms with Crippen LogP contribution < -0.4 is 5.63 Å². The van der Waals surface area contributed by atoms with Crippen LogP contribution in [0.15, 0.2) is 33.5 Å². The minimum absolute atomic E-state index is 0.0984. The Morgan fingerprint density at radius 1 is 1.04 bits per heavy atom. The van der Waals surface area contributed by atoms with Crippen molar-refractivity contribution in [1.82, 2.24) is 0 Å². The number of aliphatic hydroxyl groups excluding tert-OH is 5. The van der Waals surface area contributed by atoms with Crippen molar-refractivity contribution >= 4 is 11.0 Å². The summed E-state index contributed by atoms with van der Waals surface area (Å²) in [5.41, 5.74) is 0.881. The fourth-order valence-corrected chi connectivity index (χ4v) is 2.40. The zero-order valence-electron chi connectivity index (χ0n) is 13.3. The third-order valence-electron chi connectivity index (χ3n) is 3.80. The molecular weight excluding hydrogens is 336 g/mol. The summed E-state index contributed by atoms with van der Waals surface area (Å²) in [5.74, 6) is 0.0984.